The van der Waals surface area contributed by atoms with E-state index >= 15 is 0 Å². The van der Waals surface area contributed by atoms with Gasteiger partial charge in [0, 0.05) is 0 Å². The minimum atomic E-state index is -0.273. The summed E-state index contributed by atoms with van der Waals surface area (Å²) in [5, 5.41) is 8.75. The van der Waals surface area contributed by atoms with E-state index in [-0.39, 0.29) is 6.10 Å². The molecule has 0 heterocycles. The number of allylic oxidation sites excluding steroid dienone is 1. The first-order valence-corrected chi connectivity index (χ1v) is 2.49. The fourth-order valence-corrected chi connectivity index (χ4v) is 0.241. The van der Waals surface area contributed by atoms with Crippen molar-refractivity contribution in [3.05, 3.63) is 11.6 Å². The molecule has 0 spiro atoms. The molecule has 0 aliphatic carbocycles. The zero-order valence-corrected chi connectivity index (χ0v) is 5.10. The Kier molecular flexibility index (Phi) is 2.68. The molecule has 1 N–H and O–H groups in total. The molecule has 42 valence electrons. The van der Waals surface area contributed by atoms with E-state index in [1.165, 1.54) is 0 Å². The van der Waals surface area contributed by atoms with Gasteiger partial charge in [-0.2, -0.15) is 0 Å². The van der Waals surface area contributed by atoms with Gasteiger partial charge in [-0.3, -0.25) is 0 Å². The zero-order valence-electron chi connectivity index (χ0n) is 5.10. The maximum atomic E-state index is 8.75. The van der Waals surface area contributed by atoms with Gasteiger partial charge in [0.1, 0.15) is 0 Å². The van der Waals surface area contributed by atoms with Crippen LogP contribution in [0.2, 0.25) is 0 Å². The van der Waals surface area contributed by atoms with Crippen LogP contribution in [0.5, 0.6) is 0 Å². The van der Waals surface area contributed by atoms with Crippen molar-refractivity contribution in [1.82, 2.24) is 0 Å². The molecule has 0 rings (SSSR count). The number of aliphatic hydroxyl groups is 1. The van der Waals surface area contributed by atoms with Gasteiger partial charge in [-0.1, -0.05) is 6.08 Å². The summed E-state index contributed by atoms with van der Waals surface area (Å²) < 4.78 is 0. The van der Waals surface area contributed by atoms with E-state index in [2.05, 4.69) is 0 Å². The summed E-state index contributed by atoms with van der Waals surface area (Å²) in [6.07, 6.45) is 1.63. The molecule has 1 heteroatoms. The quantitative estimate of drug-likeness (QED) is 0.493. The molecule has 0 aromatic heterocycles. The Hall–Kier alpha value is -0.300. The molecule has 0 unspecified atom stereocenters. The van der Waals surface area contributed by atoms with Gasteiger partial charge in [0.25, 0.3) is 0 Å². The van der Waals surface area contributed by atoms with Crippen molar-refractivity contribution in [3.8, 4) is 0 Å². The minimum Gasteiger partial charge on any atom is -0.389 e. The van der Waals surface area contributed by atoms with E-state index in [4.69, 9.17) is 5.11 Å². The highest BCUT2D eigenvalue weighted by atomic mass is 16.3. The van der Waals surface area contributed by atoms with Crippen LogP contribution in [-0.2, 0) is 0 Å². The SMILES string of the molecule is C/C=C(/C)[C@@H](C)O. The molecule has 0 amide bonds. The Balaban J connectivity index is 3.56. The Labute approximate surface area is 44.7 Å². The smallest absolute Gasteiger partial charge is 0.0719 e. The molecule has 0 aromatic rings. The lowest BCUT2D eigenvalue weighted by Crippen LogP contribution is -1.99. The summed E-state index contributed by atoms with van der Waals surface area (Å²) >= 11 is 0. The van der Waals surface area contributed by atoms with Crippen LogP contribution in [0.4, 0.5) is 0 Å². The molecule has 1 atom stereocenters. The highest BCUT2D eigenvalue weighted by Crippen LogP contribution is 1.96. The van der Waals surface area contributed by atoms with Crippen molar-refractivity contribution in [2.75, 3.05) is 0 Å². The van der Waals surface area contributed by atoms with E-state index in [1.807, 2.05) is 19.9 Å². The number of rotatable bonds is 1. The zero-order chi connectivity index (χ0) is 5.86. The summed E-state index contributed by atoms with van der Waals surface area (Å²) in [7, 11) is 0. The molecule has 0 bridgehead atoms. The maximum absolute atomic E-state index is 8.75. The summed E-state index contributed by atoms with van der Waals surface area (Å²) in [6, 6.07) is 0. The first kappa shape index (κ1) is 6.70. The fraction of sp³-hybridized carbons (Fsp3) is 0.667. The molecule has 0 aliphatic rings. The van der Waals surface area contributed by atoms with Gasteiger partial charge < -0.3 is 5.11 Å². The first-order valence-electron chi connectivity index (χ1n) is 2.49. The molecular weight excluding hydrogens is 88.1 g/mol. The highest BCUT2D eigenvalue weighted by Gasteiger charge is 1.92. The number of hydrogen-bond donors (Lipinski definition) is 1. The van der Waals surface area contributed by atoms with Crippen LogP contribution < -0.4 is 0 Å². The van der Waals surface area contributed by atoms with E-state index in [1.54, 1.807) is 6.92 Å². The van der Waals surface area contributed by atoms with Crippen molar-refractivity contribution >= 4 is 0 Å². The minimum absolute atomic E-state index is 0.273. The summed E-state index contributed by atoms with van der Waals surface area (Å²) in [5.41, 5.74) is 1.03. The van der Waals surface area contributed by atoms with Crippen LogP contribution in [-0.4, -0.2) is 11.2 Å². The molecule has 0 radical (unpaired) electrons. The molecular formula is C6H12O. The summed E-state index contributed by atoms with van der Waals surface area (Å²) in [4.78, 5) is 0. The van der Waals surface area contributed by atoms with Crippen molar-refractivity contribution < 1.29 is 5.11 Å². The Morgan fingerprint density at radius 3 is 2.14 bits per heavy atom. The van der Waals surface area contributed by atoms with Gasteiger partial charge in [-0.15, -0.1) is 0 Å². The predicted octanol–water partition coefficient (Wildman–Crippen LogP) is 1.33. The van der Waals surface area contributed by atoms with Crippen molar-refractivity contribution in [1.29, 1.82) is 0 Å². The normalized spacial score (nSPS) is 16.9. The van der Waals surface area contributed by atoms with Crippen LogP contribution >= 0.6 is 0 Å². The van der Waals surface area contributed by atoms with E-state index in [0.717, 1.165) is 5.57 Å². The second-order valence-corrected chi connectivity index (χ2v) is 1.71. The Morgan fingerprint density at radius 2 is 2.14 bits per heavy atom. The Bertz CT molecular complexity index is 72.2. The Morgan fingerprint density at radius 1 is 1.71 bits per heavy atom. The van der Waals surface area contributed by atoms with E-state index < -0.39 is 0 Å². The van der Waals surface area contributed by atoms with Crippen LogP contribution in [0, 0.1) is 0 Å². The number of hydrogen-bond acceptors (Lipinski definition) is 1. The average molecular weight is 100 g/mol. The van der Waals surface area contributed by atoms with Crippen molar-refractivity contribution in [3.63, 3.8) is 0 Å². The maximum Gasteiger partial charge on any atom is 0.0719 e. The van der Waals surface area contributed by atoms with Gasteiger partial charge in [0.2, 0.25) is 0 Å². The lowest BCUT2D eigenvalue weighted by molar-refractivity contribution is 0.231. The van der Waals surface area contributed by atoms with Crippen LogP contribution in [0.3, 0.4) is 0 Å². The molecule has 0 saturated heterocycles. The number of aliphatic hydroxyl groups excluding tert-OH is 1. The fourth-order valence-electron chi connectivity index (χ4n) is 0.241. The third kappa shape index (κ3) is 2.40. The topological polar surface area (TPSA) is 20.2 Å². The van der Waals surface area contributed by atoms with Crippen molar-refractivity contribution in [2.24, 2.45) is 0 Å². The van der Waals surface area contributed by atoms with E-state index in [0.29, 0.717) is 0 Å². The monoisotopic (exact) mass is 100 g/mol. The largest absolute Gasteiger partial charge is 0.389 e. The third-order valence-electron chi connectivity index (χ3n) is 1.11. The molecule has 0 saturated carbocycles. The lowest BCUT2D eigenvalue weighted by Gasteiger charge is -1.99. The van der Waals surface area contributed by atoms with Crippen LogP contribution in [0.15, 0.2) is 11.6 Å². The molecule has 0 aliphatic heterocycles. The van der Waals surface area contributed by atoms with Gasteiger partial charge in [0.15, 0.2) is 0 Å². The molecule has 0 aromatic carbocycles. The van der Waals surface area contributed by atoms with Crippen molar-refractivity contribution in [2.45, 2.75) is 26.9 Å². The molecule has 7 heavy (non-hydrogen) atoms. The molecule has 1 nitrogen and oxygen atoms in total. The average Bonchev–Trinajstić information content (AvgIpc) is 1.65. The summed E-state index contributed by atoms with van der Waals surface area (Å²) in [6.45, 7) is 5.59. The van der Waals surface area contributed by atoms with Gasteiger partial charge in [0.05, 0.1) is 6.10 Å². The second-order valence-electron chi connectivity index (χ2n) is 1.71. The van der Waals surface area contributed by atoms with Gasteiger partial charge >= 0.3 is 0 Å². The summed E-state index contributed by atoms with van der Waals surface area (Å²) in [5.74, 6) is 0. The molecule has 0 fully saturated rings. The van der Waals surface area contributed by atoms with Gasteiger partial charge in [-0.05, 0) is 26.3 Å². The predicted molar refractivity (Wildman–Crippen MR) is 31.1 cm³/mol. The standard InChI is InChI=1S/C6H12O/c1-4-5(2)6(3)7/h4,6-7H,1-3H3/b5-4-/t6-/m1/s1. The van der Waals surface area contributed by atoms with Crippen LogP contribution in [0.1, 0.15) is 20.8 Å². The first-order chi connectivity index (χ1) is 3.18. The van der Waals surface area contributed by atoms with E-state index in [9.17, 15) is 0 Å². The lowest BCUT2D eigenvalue weighted by atomic mass is 10.2. The second kappa shape index (κ2) is 2.80. The van der Waals surface area contributed by atoms with Crippen LogP contribution in [0.25, 0.3) is 0 Å². The van der Waals surface area contributed by atoms with Gasteiger partial charge in [-0.25, -0.2) is 0 Å². The third-order valence-corrected chi connectivity index (χ3v) is 1.11. The highest BCUT2D eigenvalue weighted by molar-refractivity contribution is 5.00.